The third kappa shape index (κ3) is 2.67. The molecule has 1 heterocycles. The van der Waals surface area contributed by atoms with Gasteiger partial charge in [0.2, 0.25) is 0 Å². The van der Waals surface area contributed by atoms with Crippen LogP contribution in [0.15, 0.2) is 35.7 Å². The largest absolute Gasteiger partial charge is 0.319 e. The number of benzene rings is 1. The topological polar surface area (TPSA) is 12.0 Å². The fourth-order valence-electron chi connectivity index (χ4n) is 1.52. The molecule has 0 saturated carbocycles. The molecule has 1 N–H and O–H groups in total. The predicted molar refractivity (Wildman–Crippen MR) is 69.4 cm³/mol. The number of hydrogen-bond acceptors (Lipinski definition) is 2. The van der Waals surface area contributed by atoms with Crippen LogP contribution in [-0.2, 0) is 0 Å². The number of nitrogens with one attached hydrogen (secondary N) is 1. The lowest BCUT2D eigenvalue weighted by Gasteiger charge is -1.95. The molecule has 1 aromatic carbocycles. The van der Waals surface area contributed by atoms with Crippen LogP contribution in [0.25, 0.3) is 16.2 Å². The normalized spacial score (nSPS) is 11.5. The van der Waals surface area contributed by atoms with E-state index >= 15 is 0 Å². The Balaban J connectivity index is 2.10. The Kier molecular flexibility index (Phi) is 3.54. The van der Waals surface area contributed by atoms with Gasteiger partial charge in [0, 0.05) is 4.70 Å². The highest BCUT2D eigenvalue weighted by molar-refractivity contribution is 7.17. The Labute approximate surface area is 94.4 Å². The van der Waals surface area contributed by atoms with Gasteiger partial charge in [-0.25, -0.2) is 0 Å². The summed E-state index contributed by atoms with van der Waals surface area (Å²) in [6, 6.07) is 8.76. The van der Waals surface area contributed by atoms with Crippen LogP contribution in [0.2, 0.25) is 0 Å². The van der Waals surface area contributed by atoms with Crippen molar-refractivity contribution in [2.45, 2.75) is 6.42 Å². The van der Waals surface area contributed by atoms with Gasteiger partial charge < -0.3 is 5.32 Å². The number of rotatable bonds is 4. The first-order chi connectivity index (χ1) is 7.40. The van der Waals surface area contributed by atoms with Crippen molar-refractivity contribution in [2.24, 2.45) is 0 Å². The minimum absolute atomic E-state index is 1.04. The summed E-state index contributed by atoms with van der Waals surface area (Å²) in [5.74, 6) is 0. The highest BCUT2D eigenvalue weighted by Crippen LogP contribution is 2.22. The van der Waals surface area contributed by atoms with E-state index in [9.17, 15) is 0 Å². The van der Waals surface area contributed by atoms with E-state index in [1.807, 2.05) is 7.05 Å². The minimum atomic E-state index is 1.04. The standard InChI is InChI=1S/C13H15NS/c1-14-8-3-2-4-11-5-6-12-7-9-15-13(12)10-11/h2,4-7,9-10,14H,3,8H2,1H3. The maximum absolute atomic E-state index is 3.13. The third-order valence-electron chi connectivity index (χ3n) is 2.35. The van der Waals surface area contributed by atoms with Gasteiger partial charge in [-0.3, -0.25) is 0 Å². The lowest BCUT2D eigenvalue weighted by Crippen LogP contribution is -2.05. The zero-order valence-electron chi connectivity index (χ0n) is 8.86. The number of fused-ring (bicyclic) bond motifs is 1. The van der Waals surface area contributed by atoms with Crippen LogP contribution in [0, 0.1) is 0 Å². The lowest BCUT2D eigenvalue weighted by atomic mass is 10.1. The van der Waals surface area contributed by atoms with Crippen molar-refractivity contribution in [2.75, 3.05) is 13.6 Å². The van der Waals surface area contributed by atoms with E-state index < -0.39 is 0 Å². The second-order valence-corrected chi connectivity index (χ2v) is 4.46. The van der Waals surface area contributed by atoms with Crippen molar-refractivity contribution in [3.8, 4) is 0 Å². The molecule has 0 spiro atoms. The molecule has 0 bridgehead atoms. The molecule has 15 heavy (non-hydrogen) atoms. The van der Waals surface area contributed by atoms with Crippen molar-refractivity contribution in [3.63, 3.8) is 0 Å². The third-order valence-corrected chi connectivity index (χ3v) is 3.23. The van der Waals surface area contributed by atoms with Crippen LogP contribution in [0.1, 0.15) is 12.0 Å². The molecule has 0 amide bonds. The first-order valence-corrected chi connectivity index (χ1v) is 6.06. The van der Waals surface area contributed by atoms with Crippen LogP contribution in [0.3, 0.4) is 0 Å². The highest BCUT2D eigenvalue weighted by atomic mass is 32.1. The Bertz CT molecular complexity index is 456. The fourth-order valence-corrected chi connectivity index (χ4v) is 2.36. The average molecular weight is 217 g/mol. The predicted octanol–water partition coefficient (Wildman–Crippen LogP) is 3.52. The monoisotopic (exact) mass is 217 g/mol. The molecular weight excluding hydrogens is 202 g/mol. The maximum Gasteiger partial charge on any atom is 0.0348 e. The van der Waals surface area contributed by atoms with Gasteiger partial charge in [0.25, 0.3) is 0 Å². The SMILES string of the molecule is CNCCC=Cc1ccc2ccsc2c1. The Morgan fingerprint density at radius 2 is 2.27 bits per heavy atom. The minimum Gasteiger partial charge on any atom is -0.319 e. The quantitative estimate of drug-likeness (QED) is 0.773. The summed E-state index contributed by atoms with van der Waals surface area (Å²) in [4.78, 5) is 0. The molecule has 78 valence electrons. The second kappa shape index (κ2) is 5.10. The molecule has 0 radical (unpaired) electrons. The summed E-state index contributed by atoms with van der Waals surface area (Å²) in [7, 11) is 1.98. The Morgan fingerprint density at radius 3 is 3.13 bits per heavy atom. The summed E-state index contributed by atoms with van der Waals surface area (Å²) in [5, 5.41) is 6.61. The van der Waals surface area contributed by atoms with Gasteiger partial charge in [0.15, 0.2) is 0 Å². The van der Waals surface area contributed by atoms with Gasteiger partial charge >= 0.3 is 0 Å². The van der Waals surface area contributed by atoms with E-state index in [1.54, 1.807) is 11.3 Å². The Morgan fingerprint density at radius 1 is 1.33 bits per heavy atom. The van der Waals surface area contributed by atoms with Crippen molar-refractivity contribution in [1.82, 2.24) is 5.32 Å². The average Bonchev–Trinajstić information content (AvgIpc) is 2.71. The van der Waals surface area contributed by atoms with Crippen LogP contribution < -0.4 is 5.32 Å². The molecule has 2 rings (SSSR count). The van der Waals surface area contributed by atoms with E-state index in [2.05, 4.69) is 47.1 Å². The Hall–Kier alpha value is -1.12. The summed E-state index contributed by atoms with van der Waals surface area (Å²) in [6.45, 7) is 1.04. The second-order valence-electron chi connectivity index (χ2n) is 3.51. The first kappa shape index (κ1) is 10.4. The molecule has 0 aliphatic rings. The highest BCUT2D eigenvalue weighted by Gasteiger charge is 1.94. The van der Waals surface area contributed by atoms with E-state index in [0.29, 0.717) is 0 Å². The molecule has 0 aliphatic heterocycles. The van der Waals surface area contributed by atoms with Gasteiger partial charge in [-0.2, -0.15) is 0 Å². The van der Waals surface area contributed by atoms with Gasteiger partial charge in [0.1, 0.15) is 0 Å². The molecule has 2 aromatic rings. The summed E-state index contributed by atoms with van der Waals surface area (Å²) < 4.78 is 1.37. The molecule has 0 unspecified atom stereocenters. The first-order valence-electron chi connectivity index (χ1n) is 5.18. The molecule has 2 heteroatoms. The zero-order valence-corrected chi connectivity index (χ0v) is 9.68. The van der Waals surface area contributed by atoms with Gasteiger partial charge in [-0.15, -0.1) is 11.3 Å². The summed E-state index contributed by atoms with van der Waals surface area (Å²) in [6.07, 6.45) is 5.49. The van der Waals surface area contributed by atoms with Crippen molar-refractivity contribution in [3.05, 3.63) is 41.3 Å². The molecule has 1 nitrogen and oxygen atoms in total. The summed E-state index contributed by atoms with van der Waals surface area (Å²) in [5.41, 5.74) is 1.29. The van der Waals surface area contributed by atoms with Crippen LogP contribution in [0.4, 0.5) is 0 Å². The van der Waals surface area contributed by atoms with E-state index in [1.165, 1.54) is 15.6 Å². The number of thiophene rings is 1. The smallest absolute Gasteiger partial charge is 0.0348 e. The van der Waals surface area contributed by atoms with Crippen LogP contribution in [-0.4, -0.2) is 13.6 Å². The lowest BCUT2D eigenvalue weighted by molar-refractivity contribution is 0.809. The van der Waals surface area contributed by atoms with E-state index in [4.69, 9.17) is 0 Å². The van der Waals surface area contributed by atoms with Gasteiger partial charge in [-0.1, -0.05) is 24.3 Å². The van der Waals surface area contributed by atoms with Crippen LogP contribution >= 0.6 is 11.3 Å². The van der Waals surface area contributed by atoms with E-state index in [0.717, 1.165) is 13.0 Å². The number of hydrogen-bond donors (Lipinski definition) is 1. The van der Waals surface area contributed by atoms with Gasteiger partial charge in [0.05, 0.1) is 0 Å². The molecule has 1 aromatic heterocycles. The van der Waals surface area contributed by atoms with Crippen molar-refractivity contribution >= 4 is 27.5 Å². The fraction of sp³-hybridized carbons (Fsp3) is 0.231. The maximum atomic E-state index is 3.13. The van der Waals surface area contributed by atoms with Gasteiger partial charge in [-0.05, 0) is 48.5 Å². The molecule has 0 aliphatic carbocycles. The summed E-state index contributed by atoms with van der Waals surface area (Å²) >= 11 is 1.80. The molecule has 0 atom stereocenters. The van der Waals surface area contributed by atoms with E-state index in [-0.39, 0.29) is 0 Å². The molecule has 0 saturated heterocycles. The zero-order chi connectivity index (χ0) is 10.5. The van der Waals surface area contributed by atoms with Crippen molar-refractivity contribution in [1.29, 1.82) is 0 Å². The van der Waals surface area contributed by atoms with Crippen LogP contribution in [0.5, 0.6) is 0 Å². The molecule has 0 fully saturated rings. The molecular formula is C13H15NS. The van der Waals surface area contributed by atoms with Crippen molar-refractivity contribution < 1.29 is 0 Å².